The highest BCUT2D eigenvalue weighted by Crippen LogP contribution is 2.12. The second-order valence-corrected chi connectivity index (χ2v) is 4.93. The molecule has 0 radical (unpaired) electrons. The molecule has 102 valence electrons. The highest BCUT2D eigenvalue weighted by atomic mass is 19.1. The first kappa shape index (κ1) is 15.1. The monoisotopic (exact) mass is 252 g/mol. The number of rotatable bonds is 8. The lowest BCUT2D eigenvalue weighted by Crippen LogP contribution is -2.37. The third-order valence-corrected chi connectivity index (χ3v) is 3.38. The van der Waals surface area contributed by atoms with Crippen LogP contribution in [0.1, 0.15) is 38.2 Å². The van der Waals surface area contributed by atoms with Crippen molar-refractivity contribution in [3.63, 3.8) is 0 Å². The van der Waals surface area contributed by atoms with Gasteiger partial charge in [0.25, 0.3) is 0 Å². The van der Waals surface area contributed by atoms with E-state index in [0.29, 0.717) is 12.6 Å². The molecular formula is C15H25FN2. The molecule has 0 bridgehead atoms. The normalized spacial score (nSPS) is 12.9. The predicted molar refractivity (Wildman–Crippen MR) is 74.9 cm³/mol. The number of hydrogen-bond acceptors (Lipinski definition) is 2. The fourth-order valence-electron chi connectivity index (χ4n) is 2.16. The lowest BCUT2D eigenvalue weighted by atomic mass is 10.1. The third-order valence-electron chi connectivity index (χ3n) is 3.38. The Labute approximate surface area is 110 Å². The Morgan fingerprint density at radius 3 is 2.44 bits per heavy atom. The lowest BCUT2D eigenvalue weighted by Gasteiger charge is -2.27. The van der Waals surface area contributed by atoms with Crippen molar-refractivity contribution in [1.82, 2.24) is 4.90 Å². The first-order chi connectivity index (χ1) is 8.67. The third kappa shape index (κ3) is 5.15. The van der Waals surface area contributed by atoms with Gasteiger partial charge in [-0.3, -0.25) is 4.90 Å². The topological polar surface area (TPSA) is 29.3 Å². The van der Waals surface area contributed by atoms with Gasteiger partial charge in [-0.25, -0.2) is 4.39 Å². The molecule has 0 saturated heterocycles. The quantitative estimate of drug-likeness (QED) is 0.720. The van der Waals surface area contributed by atoms with Crippen LogP contribution >= 0.6 is 0 Å². The molecule has 0 saturated carbocycles. The number of nitrogens with two attached hydrogens (primary N) is 1. The van der Waals surface area contributed by atoms with Crippen molar-refractivity contribution in [2.75, 3.05) is 13.6 Å². The van der Waals surface area contributed by atoms with Crippen LogP contribution in [-0.2, 0) is 6.54 Å². The fraction of sp³-hybridized carbons (Fsp3) is 0.600. The Hall–Kier alpha value is -0.930. The maximum Gasteiger partial charge on any atom is 0.123 e. The van der Waals surface area contributed by atoms with Crippen LogP contribution in [0.25, 0.3) is 0 Å². The summed E-state index contributed by atoms with van der Waals surface area (Å²) >= 11 is 0. The van der Waals surface area contributed by atoms with Crippen molar-refractivity contribution < 1.29 is 4.39 Å². The molecule has 0 fully saturated rings. The standard InChI is InChI=1S/C15H25FN2/c1-3-4-5-6-15(11-17)18(2)12-13-7-9-14(16)10-8-13/h7-10,15H,3-6,11-12,17H2,1-2H3. The van der Waals surface area contributed by atoms with E-state index >= 15 is 0 Å². The van der Waals surface area contributed by atoms with E-state index in [0.717, 1.165) is 18.5 Å². The van der Waals surface area contributed by atoms with Crippen LogP contribution in [0.4, 0.5) is 4.39 Å². The highest BCUT2D eigenvalue weighted by Gasteiger charge is 2.12. The lowest BCUT2D eigenvalue weighted by molar-refractivity contribution is 0.223. The first-order valence-electron chi connectivity index (χ1n) is 6.82. The number of hydrogen-bond donors (Lipinski definition) is 1. The largest absolute Gasteiger partial charge is 0.329 e. The average molecular weight is 252 g/mol. The molecule has 1 atom stereocenters. The molecule has 1 aromatic rings. The second-order valence-electron chi connectivity index (χ2n) is 4.93. The molecule has 2 nitrogen and oxygen atoms in total. The number of halogens is 1. The smallest absolute Gasteiger partial charge is 0.123 e. The van der Waals surface area contributed by atoms with E-state index in [4.69, 9.17) is 5.73 Å². The summed E-state index contributed by atoms with van der Waals surface area (Å²) in [5, 5.41) is 0. The zero-order chi connectivity index (χ0) is 13.4. The molecule has 0 amide bonds. The van der Waals surface area contributed by atoms with Crippen molar-refractivity contribution in [3.8, 4) is 0 Å². The van der Waals surface area contributed by atoms with Crippen molar-refractivity contribution in [2.24, 2.45) is 5.73 Å². The predicted octanol–water partition coefficient (Wildman–Crippen LogP) is 3.17. The Morgan fingerprint density at radius 1 is 1.22 bits per heavy atom. The Bertz CT molecular complexity index is 324. The van der Waals surface area contributed by atoms with Crippen LogP contribution in [0.3, 0.4) is 0 Å². The summed E-state index contributed by atoms with van der Waals surface area (Å²) in [6, 6.07) is 7.12. The minimum absolute atomic E-state index is 0.181. The highest BCUT2D eigenvalue weighted by molar-refractivity contribution is 5.15. The van der Waals surface area contributed by atoms with Crippen LogP contribution in [0.15, 0.2) is 24.3 Å². The molecule has 3 heteroatoms. The Morgan fingerprint density at radius 2 is 1.89 bits per heavy atom. The number of likely N-dealkylation sites (N-methyl/N-ethyl adjacent to an activating group) is 1. The van der Waals surface area contributed by atoms with Gasteiger partial charge in [0.1, 0.15) is 5.82 Å². The molecule has 1 rings (SSSR count). The van der Waals surface area contributed by atoms with Gasteiger partial charge in [0, 0.05) is 19.1 Å². The molecule has 0 aromatic heterocycles. The zero-order valence-electron chi connectivity index (χ0n) is 11.5. The molecule has 0 spiro atoms. The van der Waals surface area contributed by atoms with E-state index in [9.17, 15) is 4.39 Å². The fourth-order valence-corrected chi connectivity index (χ4v) is 2.16. The minimum atomic E-state index is -0.181. The maximum absolute atomic E-state index is 12.8. The molecule has 2 N–H and O–H groups in total. The number of nitrogens with zero attached hydrogens (tertiary/aromatic N) is 1. The Kier molecular flexibility index (Phi) is 6.91. The van der Waals surface area contributed by atoms with E-state index in [1.54, 1.807) is 0 Å². The van der Waals surface area contributed by atoms with Gasteiger partial charge < -0.3 is 5.73 Å². The van der Waals surface area contributed by atoms with E-state index in [1.807, 2.05) is 12.1 Å². The van der Waals surface area contributed by atoms with E-state index in [2.05, 4.69) is 18.9 Å². The first-order valence-corrected chi connectivity index (χ1v) is 6.82. The van der Waals surface area contributed by atoms with Gasteiger partial charge in [-0.15, -0.1) is 0 Å². The second kappa shape index (κ2) is 8.22. The van der Waals surface area contributed by atoms with Crippen molar-refractivity contribution in [1.29, 1.82) is 0 Å². The zero-order valence-corrected chi connectivity index (χ0v) is 11.5. The average Bonchev–Trinajstić information content (AvgIpc) is 2.37. The molecule has 0 aliphatic heterocycles. The Balaban J connectivity index is 2.45. The summed E-state index contributed by atoms with van der Waals surface area (Å²) in [6.07, 6.45) is 4.87. The van der Waals surface area contributed by atoms with Gasteiger partial charge in [-0.05, 0) is 31.2 Å². The molecule has 0 heterocycles. The summed E-state index contributed by atoms with van der Waals surface area (Å²) in [4.78, 5) is 2.27. The molecule has 0 aliphatic rings. The molecule has 1 aromatic carbocycles. The summed E-state index contributed by atoms with van der Waals surface area (Å²) in [5.41, 5.74) is 6.96. The van der Waals surface area contributed by atoms with Crippen molar-refractivity contribution in [2.45, 2.75) is 45.2 Å². The van der Waals surface area contributed by atoms with Crippen LogP contribution in [0.2, 0.25) is 0 Å². The van der Waals surface area contributed by atoms with Gasteiger partial charge in [-0.1, -0.05) is 38.3 Å². The summed E-state index contributed by atoms with van der Waals surface area (Å²) in [5.74, 6) is -0.181. The van der Waals surface area contributed by atoms with E-state index in [1.165, 1.54) is 31.4 Å². The molecule has 18 heavy (non-hydrogen) atoms. The summed E-state index contributed by atoms with van der Waals surface area (Å²) in [7, 11) is 2.09. The number of unbranched alkanes of at least 4 members (excludes halogenated alkanes) is 2. The van der Waals surface area contributed by atoms with Crippen LogP contribution in [0, 0.1) is 5.82 Å². The van der Waals surface area contributed by atoms with Crippen LogP contribution in [0.5, 0.6) is 0 Å². The number of benzene rings is 1. The van der Waals surface area contributed by atoms with E-state index < -0.39 is 0 Å². The van der Waals surface area contributed by atoms with Gasteiger partial charge >= 0.3 is 0 Å². The van der Waals surface area contributed by atoms with Gasteiger partial charge in [0.05, 0.1) is 0 Å². The SMILES string of the molecule is CCCCCC(CN)N(C)Cc1ccc(F)cc1. The van der Waals surface area contributed by atoms with Crippen LogP contribution in [-0.4, -0.2) is 24.5 Å². The van der Waals surface area contributed by atoms with Crippen molar-refractivity contribution in [3.05, 3.63) is 35.6 Å². The molecular weight excluding hydrogens is 227 g/mol. The maximum atomic E-state index is 12.8. The van der Waals surface area contributed by atoms with E-state index in [-0.39, 0.29) is 5.82 Å². The van der Waals surface area contributed by atoms with Crippen molar-refractivity contribution >= 4 is 0 Å². The minimum Gasteiger partial charge on any atom is -0.329 e. The summed E-state index contributed by atoms with van der Waals surface area (Å²) in [6.45, 7) is 3.72. The summed E-state index contributed by atoms with van der Waals surface area (Å²) < 4.78 is 12.8. The molecule has 0 aliphatic carbocycles. The van der Waals surface area contributed by atoms with Crippen LogP contribution < -0.4 is 5.73 Å². The van der Waals surface area contributed by atoms with Gasteiger partial charge in [-0.2, -0.15) is 0 Å². The molecule has 1 unspecified atom stereocenters. The van der Waals surface area contributed by atoms with Gasteiger partial charge in [0.15, 0.2) is 0 Å². The van der Waals surface area contributed by atoms with Gasteiger partial charge in [0.2, 0.25) is 0 Å².